The number of furan rings is 2. The molecule has 24 heavy (non-hydrogen) atoms. The highest BCUT2D eigenvalue weighted by Crippen LogP contribution is 2.26. The summed E-state index contributed by atoms with van der Waals surface area (Å²) in [5, 5.41) is 9.49. The van der Waals surface area contributed by atoms with Crippen LogP contribution in [0.4, 0.5) is 0 Å². The van der Waals surface area contributed by atoms with Gasteiger partial charge in [0.2, 0.25) is 14.9 Å². The lowest BCUT2D eigenvalue weighted by atomic mass is 10.2. The van der Waals surface area contributed by atoms with Crippen molar-refractivity contribution in [1.29, 1.82) is 5.26 Å². The Morgan fingerprint density at radius 3 is 2.50 bits per heavy atom. The fourth-order valence-electron chi connectivity index (χ4n) is 2.02. The van der Waals surface area contributed by atoms with Crippen LogP contribution >= 0.6 is 11.6 Å². The molecule has 2 aromatic heterocycles. The van der Waals surface area contributed by atoms with Crippen LogP contribution in [0.25, 0.3) is 17.4 Å². The summed E-state index contributed by atoms with van der Waals surface area (Å²) in [5.74, 6) is 0.775. The first-order chi connectivity index (χ1) is 11.5. The van der Waals surface area contributed by atoms with Crippen molar-refractivity contribution in [3.8, 4) is 17.4 Å². The number of hydrogen-bond acceptors (Lipinski definition) is 5. The normalized spacial score (nSPS) is 12.1. The van der Waals surface area contributed by atoms with Gasteiger partial charge in [0, 0.05) is 16.7 Å². The Bertz CT molecular complexity index is 1020. The van der Waals surface area contributed by atoms with Crippen molar-refractivity contribution in [2.24, 2.45) is 0 Å². The van der Waals surface area contributed by atoms with Crippen LogP contribution in [0.1, 0.15) is 5.76 Å². The van der Waals surface area contributed by atoms with Gasteiger partial charge in [0.15, 0.2) is 4.91 Å². The van der Waals surface area contributed by atoms with E-state index in [2.05, 4.69) is 0 Å². The fraction of sp³-hybridized carbons (Fsp3) is 0. The third kappa shape index (κ3) is 3.13. The molecule has 0 aliphatic carbocycles. The molecular weight excluding hydrogens is 350 g/mol. The predicted octanol–water partition coefficient (Wildman–Crippen LogP) is 4.53. The summed E-state index contributed by atoms with van der Waals surface area (Å²) in [6.07, 6.45) is 2.39. The van der Waals surface area contributed by atoms with E-state index in [4.69, 9.17) is 20.4 Å². The van der Waals surface area contributed by atoms with Crippen LogP contribution in [0.2, 0.25) is 5.02 Å². The minimum absolute atomic E-state index is 0.242. The molecule has 3 aromatic rings. The number of halogens is 1. The second-order valence-electron chi connectivity index (χ2n) is 4.76. The largest absolute Gasteiger partial charge is 0.457 e. The quantitative estimate of drug-likeness (QED) is 0.639. The maximum absolute atomic E-state index is 12.3. The predicted molar refractivity (Wildman–Crippen MR) is 88.6 cm³/mol. The van der Waals surface area contributed by atoms with Gasteiger partial charge in [-0.2, -0.15) is 5.26 Å². The van der Waals surface area contributed by atoms with Crippen LogP contribution in [0.5, 0.6) is 0 Å². The number of rotatable bonds is 4. The molecule has 1 aromatic carbocycles. The van der Waals surface area contributed by atoms with E-state index in [1.165, 1.54) is 18.4 Å². The summed E-state index contributed by atoms with van der Waals surface area (Å²) in [5.41, 5.74) is 0.784. The Balaban J connectivity index is 1.96. The van der Waals surface area contributed by atoms with Gasteiger partial charge in [-0.1, -0.05) is 11.6 Å². The van der Waals surface area contributed by atoms with Gasteiger partial charge >= 0.3 is 0 Å². The minimum atomic E-state index is -4.01. The molecule has 0 aliphatic heterocycles. The summed E-state index contributed by atoms with van der Waals surface area (Å²) in [7, 11) is -4.01. The summed E-state index contributed by atoms with van der Waals surface area (Å²) in [6, 6.07) is 14.6. The highest BCUT2D eigenvalue weighted by Gasteiger charge is 2.24. The van der Waals surface area contributed by atoms with Crippen LogP contribution < -0.4 is 0 Å². The van der Waals surface area contributed by atoms with Gasteiger partial charge < -0.3 is 8.83 Å². The highest BCUT2D eigenvalue weighted by molar-refractivity contribution is 7.95. The Morgan fingerprint density at radius 2 is 1.88 bits per heavy atom. The average molecular weight is 360 g/mol. The molecule has 0 unspecified atom stereocenters. The van der Waals surface area contributed by atoms with Crippen LogP contribution in [-0.2, 0) is 9.84 Å². The maximum Gasteiger partial charge on any atom is 0.249 e. The Morgan fingerprint density at radius 1 is 1.12 bits per heavy atom. The van der Waals surface area contributed by atoms with Crippen molar-refractivity contribution in [2.45, 2.75) is 5.09 Å². The van der Waals surface area contributed by atoms with Crippen LogP contribution in [0.15, 0.2) is 73.6 Å². The van der Waals surface area contributed by atoms with Crippen LogP contribution in [0, 0.1) is 11.3 Å². The zero-order valence-corrected chi connectivity index (χ0v) is 13.7. The zero-order valence-electron chi connectivity index (χ0n) is 12.1. The van der Waals surface area contributed by atoms with Crippen molar-refractivity contribution in [3.63, 3.8) is 0 Å². The Kier molecular flexibility index (Phi) is 4.30. The van der Waals surface area contributed by atoms with E-state index in [0.717, 1.165) is 11.6 Å². The van der Waals surface area contributed by atoms with Crippen LogP contribution in [-0.4, -0.2) is 8.42 Å². The lowest BCUT2D eigenvalue weighted by Crippen LogP contribution is -2.01. The monoisotopic (exact) mass is 359 g/mol. The molecule has 0 radical (unpaired) electrons. The van der Waals surface area contributed by atoms with Gasteiger partial charge in [0.05, 0.1) is 6.26 Å². The Labute approximate surface area is 143 Å². The lowest BCUT2D eigenvalue weighted by molar-refractivity contribution is 0.452. The van der Waals surface area contributed by atoms with E-state index in [0.29, 0.717) is 10.8 Å². The molecule has 7 heteroatoms. The van der Waals surface area contributed by atoms with Gasteiger partial charge in [-0.25, -0.2) is 8.42 Å². The first kappa shape index (κ1) is 16.1. The van der Waals surface area contributed by atoms with Gasteiger partial charge in [0.1, 0.15) is 17.6 Å². The molecule has 0 spiro atoms. The first-order valence-corrected chi connectivity index (χ1v) is 8.63. The first-order valence-electron chi connectivity index (χ1n) is 6.77. The number of sulfone groups is 1. The van der Waals surface area contributed by atoms with E-state index < -0.39 is 14.7 Å². The SMILES string of the molecule is N#C/C(=C\c1ccc(-c2ccc(Cl)cc2)o1)S(=O)(=O)c1ccco1. The molecule has 0 saturated carbocycles. The third-order valence-corrected chi connectivity index (χ3v) is 4.99. The van der Waals surface area contributed by atoms with Gasteiger partial charge in [-0.15, -0.1) is 0 Å². The maximum atomic E-state index is 12.3. The van der Waals surface area contributed by atoms with E-state index in [1.54, 1.807) is 42.5 Å². The Hall–Kier alpha value is -2.75. The van der Waals surface area contributed by atoms with E-state index in [9.17, 15) is 13.7 Å². The number of allylic oxidation sites excluding steroid dienone is 1. The van der Waals surface area contributed by atoms with Crippen molar-refractivity contribution in [1.82, 2.24) is 0 Å². The molecule has 2 heterocycles. The van der Waals surface area contributed by atoms with E-state index in [-0.39, 0.29) is 10.9 Å². The molecular formula is C17H10ClNO4S. The topological polar surface area (TPSA) is 84.2 Å². The minimum Gasteiger partial charge on any atom is -0.457 e. The third-order valence-electron chi connectivity index (χ3n) is 3.19. The zero-order chi connectivity index (χ0) is 17.2. The summed E-state index contributed by atoms with van der Waals surface area (Å²) >= 11 is 5.84. The highest BCUT2D eigenvalue weighted by atomic mass is 35.5. The molecule has 3 rings (SSSR count). The second-order valence-corrected chi connectivity index (χ2v) is 7.05. The molecule has 0 saturated heterocycles. The summed E-state index contributed by atoms with van der Waals surface area (Å²) < 4.78 is 35.1. The number of nitrogens with zero attached hydrogens (tertiary/aromatic N) is 1. The van der Waals surface area contributed by atoms with Crippen LogP contribution in [0.3, 0.4) is 0 Å². The number of hydrogen-bond donors (Lipinski definition) is 0. The molecule has 0 fully saturated rings. The molecule has 0 aliphatic rings. The number of nitriles is 1. The molecule has 5 nitrogen and oxygen atoms in total. The van der Waals surface area contributed by atoms with Gasteiger partial charge in [-0.3, -0.25) is 0 Å². The molecule has 120 valence electrons. The van der Waals surface area contributed by atoms with Crippen molar-refractivity contribution in [3.05, 3.63) is 70.5 Å². The van der Waals surface area contributed by atoms with Gasteiger partial charge in [-0.05, 0) is 48.5 Å². The average Bonchev–Trinajstić information content (AvgIpc) is 3.25. The molecule has 0 N–H and O–H groups in total. The number of benzene rings is 1. The smallest absolute Gasteiger partial charge is 0.249 e. The standard InChI is InChI=1S/C17H10ClNO4S/c18-13-5-3-12(4-6-13)16-8-7-14(23-16)10-15(11-19)24(20,21)17-2-1-9-22-17/h1-10H/b15-10+. The second kappa shape index (κ2) is 6.40. The van der Waals surface area contributed by atoms with Crippen molar-refractivity contribution in [2.75, 3.05) is 0 Å². The van der Waals surface area contributed by atoms with Crippen molar-refractivity contribution >= 4 is 27.5 Å². The van der Waals surface area contributed by atoms with E-state index in [1.807, 2.05) is 0 Å². The fourth-order valence-corrected chi connectivity index (χ4v) is 3.20. The van der Waals surface area contributed by atoms with Crippen molar-refractivity contribution < 1.29 is 17.3 Å². The lowest BCUT2D eigenvalue weighted by Gasteiger charge is -1.98. The van der Waals surface area contributed by atoms with E-state index >= 15 is 0 Å². The molecule has 0 bridgehead atoms. The van der Waals surface area contributed by atoms with Gasteiger partial charge in [0.25, 0.3) is 0 Å². The molecule has 0 amide bonds. The summed E-state index contributed by atoms with van der Waals surface area (Å²) in [6.45, 7) is 0. The molecule has 0 atom stereocenters. The summed E-state index contributed by atoms with van der Waals surface area (Å²) in [4.78, 5) is -0.463.